The van der Waals surface area contributed by atoms with Gasteiger partial charge >= 0.3 is 5.97 Å². The van der Waals surface area contributed by atoms with Crippen LogP contribution in [0.15, 0.2) is 103 Å². The zero-order chi connectivity index (χ0) is 40.2. The molecule has 290 valence electrons. The van der Waals surface area contributed by atoms with Gasteiger partial charge in [-0.1, -0.05) is 35.4 Å². The lowest BCUT2D eigenvalue weighted by molar-refractivity contribution is -0.239. The van der Waals surface area contributed by atoms with Crippen molar-refractivity contribution in [2.24, 2.45) is 25.4 Å². The molecule has 0 amide bonds. The molecule has 0 spiro atoms. The smallest absolute Gasteiger partial charge is 0.305 e. The normalized spacial score (nSPS) is 11.8. The third-order valence-electron chi connectivity index (χ3n) is 7.63. The first kappa shape index (κ1) is 40.9. The Kier molecular flexibility index (Phi) is 13.8. The van der Waals surface area contributed by atoms with Gasteiger partial charge in [-0.25, -0.2) is 4.89 Å². The standard InChI is InChI=1S/C36H36ClN11O7S/c1-21-5-9-24(10-6-21)45-47-29-17-23(3)26(38-14-4-16-55-51)18-27(29)40-35-42-34(37)43-36(44-35)41-28-19-31(39-15-13-33(49)50)32(56(52,53)54)20-30(28)48-46-25-11-7-22(2)8-12-25/h5-12,14,17-20,39,51H,4,13,15-16H2,1-3H3,(H,49,50)(H,52,53,54)(H2,40,41,42,43,44). The second-order valence-electron chi connectivity index (χ2n) is 12.1. The van der Waals surface area contributed by atoms with Gasteiger partial charge in [0, 0.05) is 19.2 Å². The van der Waals surface area contributed by atoms with Gasteiger partial charge in [-0.3, -0.25) is 19.6 Å². The first-order valence-corrected chi connectivity index (χ1v) is 18.6. The molecule has 0 saturated heterocycles. The Morgan fingerprint density at radius 3 is 1.88 bits per heavy atom. The van der Waals surface area contributed by atoms with E-state index in [0.29, 0.717) is 34.9 Å². The number of anilines is 5. The Hall–Kier alpha value is -6.25. The fourth-order valence-corrected chi connectivity index (χ4v) is 5.66. The third kappa shape index (κ3) is 11.9. The third-order valence-corrected chi connectivity index (χ3v) is 8.69. The number of nitrogens with one attached hydrogen (secondary N) is 3. The minimum absolute atomic E-state index is 0.0380. The van der Waals surface area contributed by atoms with Crippen LogP contribution in [0.5, 0.6) is 0 Å². The lowest BCUT2D eigenvalue weighted by Crippen LogP contribution is -2.11. The maximum absolute atomic E-state index is 12.5. The molecule has 5 aromatic rings. The van der Waals surface area contributed by atoms with Crippen molar-refractivity contribution >= 4 is 91.3 Å². The average Bonchev–Trinajstić information content (AvgIpc) is 3.14. The van der Waals surface area contributed by atoms with Crippen molar-refractivity contribution in [3.05, 3.63) is 94.8 Å². The van der Waals surface area contributed by atoms with Gasteiger partial charge in [-0.15, -0.1) is 10.2 Å². The minimum Gasteiger partial charge on any atom is -0.481 e. The van der Waals surface area contributed by atoms with Crippen molar-refractivity contribution in [1.29, 1.82) is 0 Å². The van der Waals surface area contributed by atoms with Crippen LogP contribution in [-0.2, 0) is 19.8 Å². The van der Waals surface area contributed by atoms with Crippen molar-refractivity contribution in [2.75, 3.05) is 29.1 Å². The van der Waals surface area contributed by atoms with Crippen LogP contribution >= 0.6 is 11.6 Å². The molecule has 56 heavy (non-hydrogen) atoms. The predicted molar refractivity (Wildman–Crippen MR) is 212 cm³/mol. The summed E-state index contributed by atoms with van der Waals surface area (Å²) in [5.74, 6) is -1.28. The molecule has 18 nitrogen and oxygen atoms in total. The van der Waals surface area contributed by atoms with E-state index in [-0.39, 0.29) is 53.8 Å². The first-order chi connectivity index (χ1) is 26.8. The molecular formula is C36H36ClN11O7S. The SMILES string of the molecule is Cc1ccc(N=Nc2cc(C)c(N=CCCOO)cc2Nc2nc(Cl)nc(Nc3cc(NCCC(=O)O)c(S(=O)(=O)O)cc3N=Nc3ccc(C)cc3)n2)cc1. The molecule has 5 rings (SSSR count). The van der Waals surface area contributed by atoms with E-state index in [1.807, 2.05) is 57.2 Å². The molecular weight excluding hydrogens is 766 g/mol. The van der Waals surface area contributed by atoms with Crippen LogP contribution in [0.3, 0.4) is 0 Å². The summed E-state index contributed by atoms with van der Waals surface area (Å²) in [5, 5.41) is 43.7. The van der Waals surface area contributed by atoms with E-state index < -0.39 is 21.0 Å². The summed E-state index contributed by atoms with van der Waals surface area (Å²) in [6.07, 6.45) is 1.58. The quantitative estimate of drug-likeness (QED) is 0.0128. The van der Waals surface area contributed by atoms with E-state index in [0.717, 1.165) is 22.8 Å². The number of nitrogens with zero attached hydrogens (tertiary/aromatic N) is 8. The van der Waals surface area contributed by atoms with E-state index in [1.54, 1.807) is 30.5 Å². The second kappa shape index (κ2) is 18.9. The zero-order valence-corrected chi connectivity index (χ0v) is 31.7. The van der Waals surface area contributed by atoms with Gasteiger partial charge in [-0.05, 0) is 86.5 Å². The lowest BCUT2D eigenvalue weighted by Gasteiger charge is -2.15. The molecule has 0 fully saturated rings. The molecule has 0 atom stereocenters. The van der Waals surface area contributed by atoms with Gasteiger partial charge in [0.05, 0.1) is 47.2 Å². The number of hydrogen-bond donors (Lipinski definition) is 6. The van der Waals surface area contributed by atoms with Crippen LogP contribution in [0.1, 0.15) is 29.5 Å². The maximum atomic E-state index is 12.5. The average molecular weight is 802 g/mol. The Bertz CT molecular complexity index is 2390. The van der Waals surface area contributed by atoms with Crippen LogP contribution in [0.2, 0.25) is 5.28 Å². The van der Waals surface area contributed by atoms with Crippen LogP contribution in [0, 0.1) is 20.8 Å². The lowest BCUT2D eigenvalue weighted by atomic mass is 10.1. The van der Waals surface area contributed by atoms with Gasteiger partial charge in [0.15, 0.2) is 0 Å². The van der Waals surface area contributed by atoms with E-state index in [4.69, 9.17) is 22.0 Å². The maximum Gasteiger partial charge on any atom is 0.305 e. The fraction of sp³-hybridized carbons (Fsp3) is 0.194. The van der Waals surface area contributed by atoms with Crippen molar-refractivity contribution in [3.8, 4) is 0 Å². The number of azo groups is 2. The number of aryl methyl sites for hydroxylation is 3. The number of aromatic nitrogens is 3. The van der Waals surface area contributed by atoms with E-state index in [1.165, 1.54) is 6.07 Å². The molecule has 1 heterocycles. The Morgan fingerprint density at radius 2 is 1.34 bits per heavy atom. The van der Waals surface area contributed by atoms with Crippen molar-refractivity contribution < 1.29 is 33.0 Å². The summed E-state index contributed by atoms with van der Waals surface area (Å²) in [4.78, 5) is 32.1. The number of aliphatic imine (C=N–C) groups is 1. The van der Waals surface area contributed by atoms with Gasteiger partial charge in [0.2, 0.25) is 17.2 Å². The van der Waals surface area contributed by atoms with Crippen LogP contribution < -0.4 is 16.0 Å². The summed E-state index contributed by atoms with van der Waals surface area (Å²) in [6, 6.07) is 20.3. The highest BCUT2D eigenvalue weighted by Crippen LogP contribution is 2.38. The number of carboxylic acid groups (broad SMARTS) is 1. The summed E-state index contributed by atoms with van der Waals surface area (Å²) < 4.78 is 35.0. The van der Waals surface area contributed by atoms with Gasteiger partial charge in [0.25, 0.3) is 10.1 Å². The Labute approximate surface area is 326 Å². The van der Waals surface area contributed by atoms with Crippen LogP contribution in [0.4, 0.5) is 57.4 Å². The van der Waals surface area contributed by atoms with Gasteiger partial charge in [-0.2, -0.15) is 33.6 Å². The number of benzene rings is 4. The highest BCUT2D eigenvalue weighted by atomic mass is 35.5. The topological polar surface area (TPSA) is 258 Å². The number of aliphatic carboxylic acids is 1. The summed E-state index contributed by atoms with van der Waals surface area (Å²) in [5.41, 5.74) is 5.15. The Morgan fingerprint density at radius 1 is 0.786 bits per heavy atom. The second-order valence-corrected chi connectivity index (χ2v) is 13.8. The van der Waals surface area contributed by atoms with E-state index in [2.05, 4.69) is 61.2 Å². The highest BCUT2D eigenvalue weighted by Gasteiger charge is 2.21. The Balaban J connectivity index is 1.55. The molecule has 0 bridgehead atoms. The van der Waals surface area contributed by atoms with Crippen molar-refractivity contribution in [1.82, 2.24) is 15.0 Å². The molecule has 0 aliphatic carbocycles. The first-order valence-electron chi connectivity index (χ1n) is 16.7. The van der Waals surface area contributed by atoms with Crippen LogP contribution in [0.25, 0.3) is 0 Å². The fourth-order valence-electron chi connectivity index (χ4n) is 4.83. The highest BCUT2D eigenvalue weighted by molar-refractivity contribution is 7.86. The monoisotopic (exact) mass is 801 g/mol. The molecule has 4 aromatic carbocycles. The van der Waals surface area contributed by atoms with Crippen LogP contribution in [-0.4, -0.2) is 63.6 Å². The molecule has 0 aliphatic heterocycles. The molecule has 0 saturated carbocycles. The number of carboxylic acids is 1. The molecule has 0 radical (unpaired) electrons. The molecule has 6 N–H and O–H groups in total. The van der Waals surface area contributed by atoms with Crippen molar-refractivity contribution in [3.63, 3.8) is 0 Å². The predicted octanol–water partition coefficient (Wildman–Crippen LogP) is 9.48. The minimum atomic E-state index is -4.83. The zero-order valence-electron chi connectivity index (χ0n) is 30.2. The number of carbonyl (C=O) groups is 1. The number of rotatable bonds is 17. The number of halogens is 1. The van der Waals surface area contributed by atoms with Gasteiger partial charge in [0.1, 0.15) is 16.3 Å². The van der Waals surface area contributed by atoms with E-state index in [9.17, 15) is 17.8 Å². The van der Waals surface area contributed by atoms with E-state index >= 15 is 0 Å². The molecule has 0 unspecified atom stereocenters. The molecule has 0 aliphatic rings. The number of hydrogen-bond acceptors (Lipinski definition) is 16. The largest absolute Gasteiger partial charge is 0.481 e. The molecule has 1 aromatic heterocycles. The van der Waals surface area contributed by atoms with Gasteiger partial charge < -0.3 is 21.1 Å². The van der Waals surface area contributed by atoms with Crippen molar-refractivity contribution in [2.45, 2.75) is 38.5 Å². The summed E-state index contributed by atoms with van der Waals surface area (Å²) in [6.45, 7) is 5.60. The summed E-state index contributed by atoms with van der Waals surface area (Å²) in [7, 11) is -4.83. The summed E-state index contributed by atoms with van der Waals surface area (Å²) >= 11 is 6.38. The molecule has 20 heteroatoms.